The Bertz CT molecular complexity index is 478. The summed E-state index contributed by atoms with van der Waals surface area (Å²) >= 11 is 0. The van der Waals surface area contributed by atoms with Gasteiger partial charge in [-0.1, -0.05) is 13.0 Å². The predicted octanol–water partition coefficient (Wildman–Crippen LogP) is 1.73. The number of nitrogens with zero attached hydrogens (tertiary/aromatic N) is 1. The van der Waals surface area contributed by atoms with E-state index in [0.29, 0.717) is 25.4 Å². The van der Waals surface area contributed by atoms with Crippen LogP contribution in [0.2, 0.25) is 0 Å². The SMILES string of the molecule is COc1cccc(NC(=O)CCN2CCC(C)C(O)C2)c1. The first-order valence-electron chi connectivity index (χ1n) is 7.43. The molecule has 0 radical (unpaired) electrons. The van der Waals surface area contributed by atoms with Crippen molar-refractivity contribution in [3.05, 3.63) is 24.3 Å². The van der Waals surface area contributed by atoms with E-state index in [4.69, 9.17) is 4.74 Å². The van der Waals surface area contributed by atoms with Crippen LogP contribution in [0.5, 0.6) is 5.75 Å². The second-order valence-electron chi connectivity index (χ2n) is 5.66. The van der Waals surface area contributed by atoms with E-state index in [2.05, 4.69) is 17.1 Å². The first-order valence-corrected chi connectivity index (χ1v) is 7.43. The van der Waals surface area contributed by atoms with Crippen LogP contribution in [0.1, 0.15) is 19.8 Å². The van der Waals surface area contributed by atoms with Crippen LogP contribution in [0.4, 0.5) is 5.69 Å². The van der Waals surface area contributed by atoms with Crippen molar-refractivity contribution >= 4 is 11.6 Å². The quantitative estimate of drug-likeness (QED) is 0.867. The average molecular weight is 292 g/mol. The van der Waals surface area contributed by atoms with Gasteiger partial charge < -0.3 is 20.1 Å². The lowest BCUT2D eigenvalue weighted by Crippen LogP contribution is -2.43. The number of piperidine rings is 1. The maximum absolute atomic E-state index is 12.0. The Morgan fingerprint density at radius 1 is 1.52 bits per heavy atom. The number of aliphatic hydroxyl groups is 1. The molecule has 0 aliphatic carbocycles. The summed E-state index contributed by atoms with van der Waals surface area (Å²) in [5, 5.41) is 12.7. The zero-order valence-corrected chi connectivity index (χ0v) is 12.7. The number of anilines is 1. The third-order valence-corrected chi connectivity index (χ3v) is 4.01. The maximum atomic E-state index is 12.0. The fourth-order valence-corrected chi connectivity index (χ4v) is 2.50. The van der Waals surface area contributed by atoms with E-state index in [0.717, 1.165) is 24.4 Å². The third-order valence-electron chi connectivity index (χ3n) is 4.01. The van der Waals surface area contributed by atoms with Crippen molar-refractivity contribution in [1.29, 1.82) is 0 Å². The molecule has 2 N–H and O–H groups in total. The lowest BCUT2D eigenvalue weighted by molar-refractivity contribution is -0.116. The lowest BCUT2D eigenvalue weighted by atomic mass is 9.96. The molecule has 1 amide bonds. The number of ether oxygens (including phenoxy) is 1. The Labute approximate surface area is 125 Å². The second kappa shape index (κ2) is 7.43. The molecule has 2 atom stereocenters. The highest BCUT2D eigenvalue weighted by atomic mass is 16.5. The van der Waals surface area contributed by atoms with Crippen LogP contribution in [-0.2, 0) is 4.79 Å². The van der Waals surface area contributed by atoms with Crippen LogP contribution in [0.25, 0.3) is 0 Å². The van der Waals surface area contributed by atoms with Gasteiger partial charge in [-0.05, 0) is 31.0 Å². The van der Waals surface area contributed by atoms with Gasteiger partial charge in [0.15, 0.2) is 0 Å². The number of β-amino-alcohol motifs (C(OH)–C–C–N with tert-alkyl or cyclic N) is 1. The number of hydrogen-bond donors (Lipinski definition) is 2. The molecule has 0 aromatic heterocycles. The maximum Gasteiger partial charge on any atom is 0.225 e. The molecule has 1 aromatic rings. The van der Waals surface area contributed by atoms with E-state index in [1.54, 1.807) is 13.2 Å². The van der Waals surface area contributed by atoms with E-state index in [-0.39, 0.29) is 12.0 Å². The van der Waals surface area contributed by atoms with Crippen molar-refractivity contribution in [2.75, 3.05) is 32.1 Å². The summed E-state index contributed by atoms with van der Waals surface area (Å²) in [5.74, 6) is 1.06. The second-order valence-corrected chi connectivity index (χ2v) is 5.66. The van der Waals surface area contributed by atoms with Gasteiger partial charge in [-0.3, -0.25) is 4.79 Å². The molecule has 1 saturated heterocycles. The number of rotatable bonds is 5. The Kier molecular flexibility index (Phi) is 5.59. The van der Waals surface area contributed by atoms with Gasteiger partial charge in [0.1, 0.15) is 5.75 Å². The molecular weight excluding hydrogens is 268 g/mol. The fraction of sp³-hybridized carbons (Fsp3) is 0.562. The van der Waals surface area contributed by atoms with E-state index < -0.39 is 0 Å². The van der Waals surface area contributed by atoms with Gasteiger partial charge in [0, 0.05) is 31.3 Å². The first-order chi connectivity index (χ1) is 10.1. The van der Waals surface area contributed by atoms with E-state index in [9.17, 15) is 9.90 Å². The number of benzene rings is 1. The molecule has 116 valence electrons. The summed E-state index contributed by atoms with van der Waals surface area (Å²) in [4.78, 5) is 14.1. The largest absolute Gasteiger partial charge is 0.497 e. The first kappa shape index (κ1) is 15.8. The number of nitrogens with one attached hydrogen (secondary N) is 1. The molecule has 1 aliphatic rings. The molecule has 0 bridgehead atoms. The zero-order chi connectivity index (χ0) is 15.2. The summed E-state index contributed by atoms with van der Waals surface area (Å²) in [6.45, 7) is 4.36. The molecule has 5 heteroatoms. The molecule has 5 nitrogen and oxygen atoms in total. The standard InChI is InChI=1S/C16H24N2O3/c1-12-6-8-18(11-15(12)19)9-7-16(20)17-13-4-3-5-14(10-13)21-2/h3-5,10,12,15,19H,6-9,11H2,1-2H3,(H,17,20). The highest BCUT2D eigenvalue weighted by molar-refractivity contribution is 5.91. The van der Waals surface area contributed by atoms with Gasteiger partial charge in [0.2, 0.25) is 5.91 Å². The normalized spacial score (nSPS) is 22.8. The van der Waals surface area contributed by atoms with Gasteiger partial charge in [0.05, 0.1) is 13.2 Å². The van der Waals surface area contributed by atoms with Crippen molar-refractivity contribution in [2.24, 2.45) is 5.92 Å². The van der Waals surface area contributed by atoms with Gasteiger partial charge in [-0.2, -0.15) is 0 Å². The van der Waals surface area contributed by atoms with Crippen LogP contribution in [0, 0.1) is 5.92 Å². The van der Waals surface area contributed by atoms with Crippen LogP contribution in [-0.4, -0.2) is 48.8 Å². The van der Waals surface area contributed by atoms with Gasteiger partial charge in [-0.15, -0.1) is 0 Å². The summed E-state index contributed by atoms with van der Waals surface area (Å²) in [5.41, 5.74) is 0.742. The van der Waals surface area contributed by atoms with Crippen molar-refractivity contribution in [3.63, 3.8) is 0 Å². The van der Waals surface area contributed by atoms with Gasteiger partial charge in [0.25, 0.3) is 0 Å². The third kappa shape index (κ3) is 4.72. The number of amides is 1. The number of hydrogen-bond acceptors (Lipinski definition) is 4. The summed E-state index contributed by atoms with van der Waals surface area (Å²) < 4.78 is 5.13. The van der Waals surface area contributed by atoms with Gasteiger partial charge >= 0.3 is 0 Å². The zero-order valence-electron chi connectivity index (χ0n) is 12.7. The number of methoxy groups -OCH3 is 1. The smallest absolute Gasteiger partial charge is 0.225 e. The monoisotopic (exact) mass is 292 g/mol. The van der Waals surface area contributed by atoms with Crippen LogP contribution >= 0.6 is 0 Å². The highest BCUT2D eigenvalue weighted by Crippen LogP contribution is 2.18. The van der Waals surface area contributed by atoms with E-state index in [1.807, 2.05) is 18.2 Å². The molecule has 2 rings (SSSR count). The van der Waals surface area contributed by atoms with Crippen LogP contribution in [0.3, 0.4) is 0 Å². The molecule has 1 aliphatic heterocycles. The van der Waals surface area contributed by atoms with Gasteiger partial charge in [-0.25, -0.2) is 0 Å². The minimum atomic E-state index is -0.278. The van der Waals surface area contributed by atoms with E-state index >= 15 is 0 Å². The topological polar surface area (TPSA) is 61.8 Å². The predicted molar refractivity (Wildman–Crippen MR) is 82.5 cm³/mol. The molecule has 1 fully saturated rings. The van der Waals surface area contributed by atoms with Crippen molar-refractivity contribution in [2.45, 2.75) is 25.9 Å². The Balaban J connectivity index is 1.77. The van der Waals surface area contributed by atoms with Crippen molar-refractivity contribution in [3.8, 4) is 5.75 Å². The fourth-order valence-electron chi connectivity index (χ4n) is 2.50. The molecule has 0 spiro atoms. The molecule has 2 unspecified atom stereocenters. The molecule has 21 heavy (non-hydrogen) atoms. The summed E-state index contributed by atoms with van der Waals surface area (Å²) in [7, 11) is 1.60. The minimum absolute atomic E-state index is 0.0173. The molecular formula is C16H24N2O3. The van der Waals surface area contributed by atoms with Crippen molar-refractivity contribution in [1.82, 2.24) is 4.90 Å². The highest BCUT2D eigenvalue weighted by Gasteiger charge is 2.24. The van der Waals surface area contributed by atoms with Crippen LogP contribution in [0.15, 0.2) is 24.3 Å². The summed E-state index contributed by atoms with van der Waals surface area (Å²) in [6, 6.07) is 7.32. The minimum Gasteiger partial charge on any atom is -0.497 e. The molecule has 1 aromatic carbocycles. The Morgan fingerprint density at radius 2 is 2.33 bits per heavy atom. The molecule has 0 saturated carbocycles. The number of carbonyl (C=O) groups is 1. The molecule has 1 heterocycles. The van der Waals surface area contributed by atoms with Crippen molar-refractivity contribution < 1.29 is 14.6 Å². The number of aliphatic hydroxyl groups excluding tert-OH is 1. The number of carbonyl (C=O) groups excluding carboxylic acids is 1. The number of likely N-dealkylation sites (tertiary alicyclic amines) is 1. The lowest BCUT2D eigenvalue weighted by Gasteiger charge is -2.34. The Morgan fingerprint density at radius 3 is 3.05 bits per heavy atom. The average Bonchev–Trinajstić information content (AvgIpc) is 2.48. The Hall–Kier alpha value is -1.59. The van der Waals surface area contributed by atoms with E-state index in [1.165, 1.54) is 0 Å². The van der Waals surface area contributed by atoms with Crippen LogP contribution < -0.4 is 10.1 Å². The summed E-state index contributed by atoms with van der Waals surface area (Å²) in [6.07, 6.45) is 1.14.